The molecule has 1 aliphatic rings. The molecule has 2 aromatic heterocycles. The fraction of sp³-hybridized carbons (Fsp3) is 0.533. The molecule has 128 valence electrons. The van der Waals surface area contributed by atoms with Crippen LogP contribution in [-0.2, 0) is 4.74 Å². The fourth-order valence-electron chi connectivity index (χ4n) is 2.65. The third-order valence-corrected chi connectivity index (χ3v) is 3.80. The average molecular weight is 333 g/mol. The summed E-state index contributed by atoms with van der Waals surface area (Å²) in [7, 11) is 0. The van der Waals surface area contributed by atoms with Gasteiger partial charge in [0, 0.05) is 32.0 Å². The Hall–Kier alpha value is -2.42. The van der Waals surface area contributed by atoms with Gasteiger partial charge in [0.1, 0.15) is 19.3 Å². The molecule has 0 N–H and O–H groups in total. The van der Waals surface area contributed by atoms with Crippen molar-refractivity contribution >= 4 is 11.9 Å². The van der Waals surface area contributed by atoms with E-state index in [-0.39, 0.29) is 12.6 Å². The molecule has 9 heteroatoms. The molecule has 0 saturated carbocycles. The van der Waals surface area contributed by atoms with Crippen LogP contribution >= 0.6 is 0 Å². The smallest absolute Gasteiger partial charge is 0.228 e. The van der Waals surface area contributed by atoms with Gasteiger partial charge in [-0.25, -0.2) is 29.3 Å². The quantitative estimate of drug-likeness (QED) is 0.713. The first-order chi connectivity index (χ1) is 11.8. The highest BCUT2D eigenvalue weighted by Crippen LogP contribution is 2.19. The Morgan fingerprint density at radius 3 is 2.58 bits per heavy atom. The molecule has 3 rings (SSSR count). The maximum Gasteiger partial charge on any atom is 0.228 e. The number of hydrogen-bond donors (Lipinski definition) is 0. The number of piperazine rings is 1. The Bertz CT molecular complexity index is 627. The van der Waals surface area contributed by atoms with Gasteiger partial charge in [-0.05, 0) is 12.5 Å². The molecule has 1 aliphatic heterocycles. The van der Waals surface area contributed by atoms with Gasteiger partial charge in [0.15, 0.2) is 0 Å². The van der Waals surface area contributed by atoms with Crippen molar-refractivity contribution in [3.05, 3.63) is 30.6 Å². The number of rotatable bonds is 6. The zero-order valence-corrected chi connectivity index (χ0v) is 13.5. The normalized spacial score (nSPS) is 18.0. The van der Waals surface area contributed by atoms with Gasteiger partial charge in [0.2, 0.25) is 11.9 Å². The van der Waals surface area contributed by atoms with Crippen LogP contribution in [0.3, 0.4) is 0 Å². The molecule has 1 atom stereocenters. The highest BCUT2D eigenvalue weighted by Gasteiger charge is 2.30. The molecule has 3 heterocycles. The number of nitrogens with zero attached hydrogens (tertiary/aromatic N) is 7. The zero-order valence-electron chi connectivity index (χ0n) is 13.5. The molecule has 2 aromatic rings. The summed E-state index contributed by atoms with van der Waals surface area (Å²) in [4.78, 5) is 25.2. The van der Waals surface area contributed by atoms with Crippen LogP contribution < -0.4 is 9.80 Å². The first-order valence-corrected chi connectivity index (χ1v) is 7.84. The average Bonchev–Trinajstić information content (AvgIpc) is 2.63. The molecular weight excluding hydrogens is 313 g/mol. The molecular formula is C15H20FN7O. The second kappa shape index (κ2) is 7.91. The number of aryl methyl sites for hydroxylation is 1. The molecule has 0 bridgehead atoms. The van der Waals surface area contributed by atoms with Crippen LogP contribution in [0.15, 0.2) is 25.0 Å². The van der Waals surface area contributed by atoms with Crippen molar-refractivity contribution in [1.82, 2.24) is 24.9 Å². The van der Waals surface area contributed by atoms with Crippen LogP contribution in [0.25, 0.3) is 0 Å². The minimum Gasteiger partial charge on any atom is -0.377 e. The van der Waals surface area contributed by atoms with E-state index in [0.29, 0.717) is 31.6 Å². The van der Waals surface area contributed by atoms with Gasteiger partial charge < -0.3 is 14.5 Å². The molecule has 0 radical (unpaired) electrons. The molecule has 0 amide bonds. The number of halogens is 1. The van der Waals surface area contributed by atoms with E-state index in [1.165, 1.54) is 12.7 Å². The van der Waals surface area contributed by atoms with Crippen molar-refractivity contribution in [2.45, 2.75) is 13.0 Å². The maximum atomic E-state index is 12.3. The lowest BCUT2D eigenvalue weighted by Gasteiger charge is -2.41. The van der Waals surface area contributed by atoms with Crippen molar-refractivity contribution in [3.8, 4) is 0 Å². The summed E-state index contributed by atoms with van der Waals surface area (Å²) in [6.07, 6.45) is 6.54. The van der Waals surface area contributed by atoms with Gasteiger partial charge in [-0.3, -0.25) is 0 Å². The van der Waals surface area contributed by atoms with Crippen molar-refractivity contribution in [3.63, 3.8) is 0 Å². The summed E-state index contributed by atoms with van der Waals surface area (Å²) >= 11 is 0. The highest BCUT2D eigenvalue weighted by atomic mass is 19.1. The minimum atomic E-state index is -0.497. The summed E-state index contributed by atoms with van der Waals surface area (Å²) in [5, 5.41) is 0. The summed E-state index contributed by atoms with van der Waals surface area (Å²) in [6.45, 7) is 4.03. The lowest BCUT2D eigenvalue weighted by Crippen LogP contribution is -2.56. The Kier molecular flexibility index (Phi) is 5.42. The predicted octanol–water partition coefficient (Wildman–Crippen LogP) is 0.651. The molecule has 0 spiro atoms. The number of ether oxygens (including phenoxy) is 1. The molecule has 1 fully saturated rings. The number of alkyl halides is 1. The summed E-state index contributed by atoms with van der Waals surface area (Å²) < 4.78 is 17.8. The van der Waals surface area contributed by atoms with E-state index in [1.807, 2.05) is 6.92 Å². The van der Waals surface area contributed by atoms with Crippen molar-refractivity contribution in [2.24, 2.45) is 0 Å². The van der Waals surface area contributed by atoms with Gasteiger partial charge in [0.25, 0.3) is 0 Å². The fourth-order valence-corrected chi connectivity index (χ4v) is 2.65. The number of anilines is 2. The van der Waals surface area contributed by atoms with Crippen LogP contribution in [0.4, 0.5) is 16.3 Å². The largest absolute Gasteiger partial charge is 0.377 e. The molecule has 0 aromatic carbocycles. The Balaban J connectivity index is 1.74. The van der Waals surface area contributed by atoms with Gasteiger partial charge in [-0.1, -0.05) is 0 Å². The summed E-state index contributed by atoms with van der Waals surface area (Å²) in [6, 6.07) is -0.0161. The Morgan fingerprint density at radius 1 is 1.12 bits per heavy atom. The first-order valence-electron chi connectivity index (χ1n) is 7.84. The monoisotopic (exact) mass is 333 g/mol. The Morgan fingerprint density at radius 2 is 1.88 bits per heavy atom. The second-order valence-corrected chi connectivity index (χ2v) is 5.56. The van der Waals surface area contributed by atoms with E-state index in [2.05, 4.69) is 34.7 Å². The minimum absolute atomic E-state index is 0.0161. The van der Waals surface area contributed by atoms with E-state index in [0.717, 1.165) is 12.1 Å². The van der Waals surface area contributed by atoms with Crippen LogP contribution in [-0.4, -0.2) is 70.5 Å². The molecule has 8 nitrogen and oxygen atoms in total. The lowest BCUT2D eigenvalue weighted by atomic mass is 10.2. The van der Waals surface area contributed by atoms with Gasteiger partial charge in [-0.2, -0.15) is 0 Å². The van der Waals surface area contributed by atoms with Crippen LogP contribution in [0, 0.1) is 6.92 Å². The third kappa shape index (κ3) is 3.91. The molecule has 1 unspecified atom stereocenters. The standard InChI is InChI=1S/C15H20FN7O/c1-12-6-18-14(19-7-12)22-3-4-23(15-20-10-17-11-21-15)13(8-22)9-24-5-2-16/h6-7,10-11,13H,2-5,8-9H2,1H3. The summed E-state index contributed by atoms with van der Waals surface area (Å²) in [5.74, 6) is 1.29. The molecule has 24 heavy (non-hydrogen) atoms. The van der Waals surface area contributed by atoms with E-state index in [9.17, 15) is 4.39 Å². The maximum absolute atomic E-state index is 12.3. The number of aromatic nitrogens is 5. The van der Waals surface area contributed by atoms with E-state index < -0.39 is 6.67 Å². The van der Waals surface area contributed by atoms with Crippen LogP contribution in [0.2, 0.25) is 0 Å². The van der Waals surface area contributed by atoms with Gasteiger partial charge in [0.05, 0.1) is 19.3 Å². The van der Waals surface area contributed by atoms with Crippen molar-refractivity contribution in [1.29, 1.82) is 0 Å². The second-order valence-electron chi connectivity index (χ2n) is 5.56. The predicted molar refractivity (Wildman–Crippen MR) is 86.7 cm³/mol. The van der Waals surface area contributed by atoms with Crippen molar-refractivity contribution < 1.29 is 9.13 Å². The van der Waals surface area contributed by atoms with E-state index >= 15 is 0 Å². The first kappa shape index (κ1) is 16.4. The highest BCUT2D eigenvalue weighted by molar-refractivity contribution is 5.39. The zero-order chi connectivity index (χ0) is 16.8. The van der Waals surface area contributed by atoms with Crippen LogP contribution in [0.5, 0.6) is 0 Å². The molecule has 1 saturated heterocycles. The van der Waals surface area contributed by atoms with Gasteiger partial charge >= 0.3 is 0 Å². The van der Waals surface area contributed by atoms with Gasteiger partial charge in [-0.15, -0.1) is 0 Å². The summed E-state index contributed by atoms with van der Waals surface area (Å²) in [5.41, 5.74) is 1.02. The van der Waals surface area contributed by atoms with E-state index in [4.69, 9.17) is 4.74 Å². The van der Waals surface area contributed by atoms with Crippen molar-refractivity contribution in [2.75, 3.05) is 49.3 Å². The van der Waals surface area contributed by atoms with Crippen LogP contribution in [0.1, 0.15) is 5.56 Å². The van der Waals surface area contributed by atoms with E-state index in [1.54, 1.807) is 12.4 Å². The lowest BCUT2D eigenvalue weighted by molar-refractivity contribution is 0.104. The topological polar surface area (TPSA) is 80.2 Å². The Labute approximate surface area is 139 Å². The SMILES string of the molecule is Cc1cnc(N2CCN(c3ncncn3)C(COCCF)C2)nc1. The molecule has 0 aliphatic carbocycles. The number of hydrogen-bond acceptors (Lipinski definition) is 8. The third-order valence-electron chi connectivity index (χ3n) is 3.80.